The standard InChI is InChI=1S/C13H12N4O4S3/c1-22-11-9(12(23-2)24-16-11)10(18)15-13(19)14-7-5-3-4-6-8(7)17(20)21/h3-6H,1-2H3,(H2,14,15,18,19). The van der Waals surface area contributed by atoms with Gasteiger partial charge in [-0.1, -0.05) is 12.1 Å². The highest BCUT2D eigenvalue weighted by Crippen LogP contribution is 2.32. The van der Waals surface area contributed by atoms with E-state index in [1.807, 2.05) is 6.26 Å². The topological polar surface area (TPSA) is 114 Å². The van der Waals surface area contributed by atoms with Gasteiger partial charge in [-0.15, -0.1) is 23.5 Å². The van der Waals surface area contributed by atoms with Gasteiger partial charge in [0.2, 0.25) is 0 Å². The number of para-hydroxylation sites is 2. The molecule has 0 fully saturated rings. The van der Waals surface area contributed by atoms with E-state index in [1.165, 1.54) is 53.3 Å². The van der Waals surface area contributed by atoms with Crippen LogP contribution in [0.5, 0.6) is 0 Å². The van der Waals surface area contributed by atoms with E-state index in [0.717, 1.165) is 0 Å². The average molecular weight is 384 g/mol. The summed E-state index contributed by atoms with van der Waals surface area (Å²) in [5, 5.41) is 16.0. The Kier molecular flexibility index (Phi) is 6.17. The molecule has 126 valence electrons. The highest BCUT2D eigenvalue weighted by atomic mass is 32.2. The molecule has 11 heteroatoms. The Morgan fingerprint density at radius 2 is 1.96 bits per heavy atom. The molecule has 0 saturated carbocycles. The van der Waals surface area contributed by atoms with Crippen molar-refractivity contribution in [2.75, 3.05) is 17.8 Å². The Hall–Kier alpha value is -2.11. The summed E-state index contributed by atoms with van der Waals surface area (Å²) in [7, 11) is 0. The molecule has 0 spiro atoms. The van der Waals surface area contributed by atoms with E-state index in [9.17, 15) is 19.7 Å². The molecule has 1 aromatic heterocycles. The number of nitrogens with one attached hydrogen (secondary N) is 2. The van der Waals surface area contributed by atoms with Gasteiger partial charge in [0.25, 0.3) is 11.6 Å². The number of thioether (sulfide) groups is 2. The van der Waals surface area contributed by atoms with Crippen molar-refractivity contribution < 1.29 is 14.5 Å². The van der Waals surface area contributed by atoms with E-state index >= 15 is 0 Å². The summed E-state index contributed by atoms with van der Waals surface area (Å²) in [6.45, 7) is 0. The van der Waals surface area contributed by atoms with Crippen LogP contribution in [0, 0.1) is 10.1 Å². The first-order valence-corrected chi connectivity index (χ1v) is 9.63. The summed E-state index contributed by atoms with van der Waals surface area (Å²) in [6, 6.07) is 4.83. The van der Waals surface area contributed by atoms with Gasteiger partial charge >= 0.3 is 6.03 Å². The van der Waals surface area contributed by atoms with Crippen LogP contribution >= 0.6 is 35.1 Å². The third kappa shape index (κ3) is 4.04. The largest absolute Gasteiger partial charge is 0.326 e. The quantitative estimate of drug-likeness (QED) is 0.461. The summed E-state index contributed by atoms with van der Waals surface area (Å²) in [4.78, 5) is 34.6. The van der Waals surface area contributed by atoms with Crippen molar-refractivity contribution in [2.45, 2.75) is 9.24 Å². The zero-order valence-corrected chi connectivity index (χ0v) is 15.0. The number of nitro groups is 1. The number of anilines is 1. The minimum atomic E-state index is -0.848. The van der Waals surface area contributed by atoms with Crippen LogP contribution in [0.2, 0.25) is 0 Å². The lowest BCUT2D eigenvalue weighted by atomic mass is 10.3. The fraction of sp³-hybridized carbons (Fsp3) is 0.154. The van der Waals surface area contributed by atoms with Crippen molar-refractivity contribution in [1.29, 1.82) is 0 Å². The molecule has 0 saturated heterocycles. The Morgan fingerprint density at radius 3 is 2.58 bits per heavy atom. The van der Waals surface area contributed by atoms with Crippen molar-refractivity contribution >= 4 is 58.4 Å². The van der Waals surface area contributed by atoms with Crippen molar-refractivity contribution in [3.63, 3.8) is 0 Å². The highest BCUT2D eigenvalue weighted by molar-refractivity contribution is 8.01. The second-order valence-electron chi connectivity index (χ2n) is 4.24. The fourth-order valence-corrected chi connectivity index (χ4v) is 4.07. The molecule has 8 nitrogen and oxygen atoms in total. The lowest BCUT2D eigenvalue weighted by Gasteiger charge is -2.07. The molecule has 1 aromatic carbocycles. The van der Waals surface area contributed by atoms with Crippen LogP contribution in [0.15, 0.2) is 33.5 Å². The van der Waals surface area contributed by atoms with Gasteiger partial charge in [0.1, 0.15) is 10.7 Å². The SMILES string of the molecule is CSc1nsc(SC)c1C(=O)NC(=O)Nc1ccccc1[N+](=O)[O-]. The minimum Gasteiger partial charge on any atom is -0.302 e. The smallest absolute Gasteiger partial charge is 0.302 e. The maximum atomic E-state index is 12.3. The third-order valence-electron chi connectivity index (χ3n) is 2.81. The molecule has 0 aliphatic rings. The molecule has 2 N–H and O–H groups in total. The van der Waals surface area contributed by atoms with E-state index < -0.39 is 16.9 Å². The first kappa shape index (κ1) is 18.2. The zero-order valence-electron chi connectivity index (χ0n) is 12.6. The van der Waals surface area contributed by atoms with Gasteiger partial charge in [-0.05, 0) is 30.1 Å². The first-order chi connectivity index (χ1) is 11.5. The lowest BCUT2D eigenvalue weighted by Crippen LogP contribution is -2.34. The number of imide groups is 1. The molecule has 0 unspecified atom stereocenters. The lowest BCUT2D eigenvalue weighted by molar-refractivity contribution is -0.383. The monoisotopic (exact) mass is 384 g/mol. The highest BCUT2D eigenvalue weighted by Gasteiger charge is 2.23. The van der Waals surface area contributed by atoms with Gasteiger partial charge in [0.15, 0.2) is 0 Å². The van der Waals surface area contributed by atoms with Crippen LogP contribution in [-0.2, 0) is 0 Å². The normalized spacial score (nSPS) is 10.2. The van der Waals surface area contributed by atoms with Gasteiger partial charge in [0, 0.05) is 6.07 Å². The molecular weight excluding hydrogens is 372 g/mol. The molecule has 3 amide bonds. The third-order valence-corrected chi connectivity index (χ3v) is 5.55. The number of benzene rings is 1. The summed E-state index contributed by atoms with van der Waals surface area (Å²) in [5.41, 5.74) is 0.0797. The van der Waals surface area contributed by atoms with Crippen molar-refractivity contribution in [3.05, 3.63) is 39.9 Å². The van der Waals surface area contributed by atoms with Gasteiger partial charge < -0.3 is 5.32 Å². The van der Waals surface area contributed by atoms with Crippen molar-refractivity contribution in [2.24, 2.45) is 0 Å². The Bertz CT molecular complexity index is 772. The fourth-order valence-electron chi connectivity index (χ4n) is 1.79. The summed E-state index contributed by atoms with van der Waals surface area (Å²) < 4.78 is 4.85. The van der Waals surface area contributed by atoms with E-state index in [0.29, 0.717) is 14.8 Å². The van der Waals surface area contributed by atoms with Gasteiger partial charge in [-0.3, -0.25) is 20.2 Å². The number of nitrogens with zero attached hydrogens (tertiary/aromatic N) is 2. The van der Waals surface area contributed by atoms with Crippen LogP contribution in [-0.4, -0.2) is 33.7 Å². The number of carbonyl (C=O) groups excluding carboxylic acids is 2. The zero-order chi connectivity index (χ0) is 17.7. The number of hydrogen-bond acceptors (Lipinski definition) is 8. The molecule has 1 heterocycles. The molecule has 0 aliphatic heterocycles. The second-order valence-corrected chi connectivity index (χ2v) is 6.88. The van der Waals surface area contributed by atoms with Gasteiger partial charge in [0.05, 0.1) is 14.7 Å². The van der Waals surface area contributed by atoms with E-state index in [2.05, 4.69) is 15.0 Å². The summed E-state index contributed by atoms with van der Waals surface area (Å²) in [5.74, 6) is -0.603. The number of hydrogen-bond donors (Lipinski definition) is 2. The molecule has 0 radical (unpaired) electrons. The predicted octanol–water partition coefficient (Wildman–Crippen LogP) is 3.46. The second kappa shape index (κ2) is 8.13. The average Bonchev–Trinajstić information content (AvgIpc) is 2.98. The molecular formula is C13H12N4O4S3. The number of rotatable bonds is 5. The van der Waals surface area contributed by atoms with Crippen molar-refractivity contribution in [1.82, 2.24) is 9.69 Å². The van der Waals surface area contributed by atoms with Crippen LogP contribution in [0.1, 0.15) is 10.4 Å². The Labute approximate surface area is 149 Å². The summed E-state index contributed by atoms with van der Waals surface area (Å²) >= 11 is 3.84. The summed E-state index contributed by atoms with van der Waals surface area (Å²) in [6.07, 6.45) is 3.59. The van der Waals surface area contributed by atoms with Crippen LogP contribution in [0.25, 0.3) is 0 Å². The minimum absolute atomic E-state index is 0.00595. The van der Waals surface area contributed by atoms with Crippen LogP contribution < -0.4 is 10.6 Å². The van der Waals surface area contributed by atoms with Crippen LogP contribution in [0.3, 0.4) is 0 Å². The van der Waals surface area contributed by atoms with Gasteiger partial charge in [-0.25, -0.2) is 4.79 Å². The number of nitro benzene ring substituents is 1. The molecule has 24 heavy (non-hydrogen) atoms. The number of amides is 3. The Balaban J connectivity index is 2.15. The number of urea groups is 1. The van der Waals surface area contributed by atoms with Crippen molar-refractivity contribution in [3.8, 4) is 0 Å². The number of carbonyl (C=O) groups is 2. The number of aromatic nitrogens is 1. The maximum absolute atomic E-state index is 12.3. The maximum Gasteiger partial charge on any atom is 0.326 e. The van der Waals surface area contributed by atoms with E-state index in [-0.39, 0.29) is 11.4 Å². The molecule has 2 aromatic rings. The molecule has 0 bridgehead atoms. The van der Waals surface area contributed by atoms with E-state index in [1.54, 1.807) is 12.3 Å². The first-order valence-electron chi connectivity index (χ1n) is 6.41. The predicted molar refractivity (Wildman–Crippen MR) is 95.3 cm³/mol. The van der Waals surface area contributed by atoms with E-state index in [4.69, 9.17) is 0 Å². The Morgan fingerprint density at radius 1 is 1.25 bits per heavy atom. The van der Waals surface area contributed by atoms with Crippen LogP contribution in [0.4, 0.5) is 16.2 Å². The molecule has 0 atom stereocenters. The molecule has 0 aliphatic carbocycles. The van der Waals surface area contributed by atoms with Gasteiger partial charge in [-0.2, -0.15) is 4.37 Å². The molecule has 2 rings (SSSR count).